The zero-order valence-electron chi connectivity index (χ0n) is 57.2. The van der Waals surface area contributed by atoms with Crippen LogP contribution >= 0.6 is 0 Å². The topological polar surface area (TPSA) is 51.0 Å². The number of ether oxygens (including phenoxy) is 1. The molecule has 0 spiro atoms. The summed E-state index contributed by atoms with van der Waals surface area (Å²) < 4.78 is 16.5. The lowest BCUT2D eigenvalue weighted by Crippen LogP contribution is -2.25. The number of hydrogen-bond acceptors (Lipinski definition) is 5. The molecule has 1 aliphatic rings. The van der Waals surface area contributed by atoms with Gasteiger partial charge in [0.05, 0.1) is 40.1 Å². The van der Waals surface area contributed by atoms with E-state index in [1.165, 1.54) is 66.9 Å². The summed E-state index contributed by atoms with van der Waals surface area (Å²) >= 11 is 0. The van der Waals surface area contributed by atoms with Crippen LogP contribution in [0.25, 0.3) is 87.8 Å². The van der Waals surface area contributed by atoms with Gasteiger partial charge < -0.3 is 19.0 Å². The van der Waals surface area contributed by atoms with E-state index in [-0.39, 0.29) is 32.5 Å². The van der Waals surface area contributed by atoms with Crippen molar-refractivity contribution in [2.45, 2.75) is 157 Å². The molecule has 0 saturated heterocycles. The molecule has 4 heterocycles. The molecule has 464 valence electrons. The van der Waals surface area contributed by atoms with Crippen LogP contribution in [-0.4, -0.2) is 16.2 Å². The SMILES string of the molecule is [C-]#[N+]c1cccc2c1oc1c2ccc2c1c1ccc(Oc3cc(-c4c(C(C)(C)C)cccc4C(C)(C)C)cc(N4CN(c5c(-c6ccc(C(C)(C)C)cc6)cc(C(C)(C)C)cc5-c5ccc(C(C)(C)C)cc5)c5ccccc54)c3)cc1n2-c1cc(C(C)(C)C)ccn1. The maximum absolute atomic E-state index is 8.04. The van der Waals surface area contributed by atoms with E-state index in [9.17, 15) is 0 Å². The monoisotopic (exact) mass is 1210 g/mol. The van der Waals surface area contributed by atoms with Crippen molar-refractivity contribution >= 4 is 72.2 Å². The number of aromatic nitrogens is 2. The van der Waals surface area contributed by atoms with Crippen LogP contribution in [0.4, 0.5) is 28.4 Å². The Hall–Kier alpha value is -9.38. The maximum atomic E-state index is 8.04. The van der Waals surface area contributed by atoms with E-state index in [4.69, 9.17) is 20.7 Å². The van der Waals surface area contributed by atoms with Crippen molar-refractivity contribution in [2.75, 3.05) is 16.5 Å². The molecule has 0 fully saturated rings. The van der Waals surface area contributed by atoms with Crippen molar-refractivity contribution in [2.24, 2.45) is 0 Å². The second-order valence-electron chi connectivity index (χ2n) is 31.7. The summed E-state index contributed by atoms with van der Waals surface area (Å²) in [6, 6.07) is 67.1. The van der Waals surface area contributed by atoms with Gasteiger partial charge in [0, 0.05) is 51.3 Å². The van der Waals surface area contributed by atoms with Gasteiger partial charge in [0.2, 0.25) is 5.69 Å². The number of para-hydroxylation sites is 3. The number of nitrogens with zero attached hydrogens (tertiary/aromatic N) is 5. The van der Waals surface area contributed by atoms with Crippen LogP contribution in [0.2, 0.25) is 0 Å². The van der Waals surface area contributed by atoms with E-state index >= 15 is 0 Å². The van der Waals surface area contributed by atoms with Gasteiger partial charge >= 0.3 is 0 Å². The first-order valence-electron chi connectivity index (χ1n) is 32.6. The lowest BCUT2D eigenvalue weighted by molar-refractivity contribution is 0.483. The zero-order valence-corrected chi connectivity index (χ0v) is 57.2. The van der Waals surface area contributed by atoms with E-state index in [0.717, 1.165) is 66.6 Å². The number of fused-ring (bicyclic) bond motifs is 8. The fourth-order valence-electron chi connectivity index (χ4n) is 13.6. The van der Waals surface area contributed by atoms with E-state index < -0.39 is 0 Å². The number of anilines is 4. The fraction of sp³-hybridized carbons (Fsp3) is 0.294. The molecule has 12 aromatic rings. The predicted octanol–water partition coefficient (Wildman–Crippen LogP) is 24.5. The van der Waals surface area contributed by atoms with E-state index in [0.29, 0.717) is 29.4 Å². The quantitative estimate of drug-likeness (QED) is 0.142. The molecular weight excluding hydrogens is 1120 g/mol. The molecule has 0 atom stereocenters. The minimum atomic E-state index is -0.188. The van der Waals surface area contributed by atoms with E-state index in [1.807, 2.05) is 24.4 Å². The van der Waals surface area contributed by atoms with Crippen molar-refractivity contribution in [1.29, 1.82) is 0 Å². The first kappa shape index (κ1) is 61.5. The van der Waals surface area contributed by atoms with Crippen molar-refractivity contribution < 1.29 is 9.15 Å². The average molecular weight is 1210 g/mol. The molecule has 0 aliphatic carbocycles. The van der Waals surface area contributed by atoms with Crippen LogP contribution in [0.3, 0.4) is 0 Å². The van der Waals surface area contributed by atoms with Gasteiger partial charge in [0.15, 0.2) is 0 Å². The summed E-state index contributed by atoms with van der Waals surface area (Å²) in [6.07, 6.45) is 1.92. The third-order valence-corrected chi connectivity index (χ3v) is 18.8. The van der Waals surface area contributed by atoms with Crippen molar-refractivity contribution in [3.05, 3.63) is 233 Å². The lowest BCUT2D eigenvalue weighted by atomic mass is 9.74. The summed E-state index contributed by atoms with van der Waals surface area (Å²) in [4.78, 5) is 14.0. The molecular formula is C85H87N5O2. The molecule has 0 radical (unpaired) electrons. The Balaban J connectivity index is 1.03. The van der Waals surface area contributed by atoms with Crippen LogP contribution in [0.5, 0.6) is 11.5 Å². The van der Waals surface area contributed by atoms with Crippen LogP contribution < -0.4 is 14.5 Å². The zero-order chi connectivity index (χ0) is 65.4. The molecule has 7 nitrogen and oxygen atoms in total. The minimum absolute atomic E-state index is 0.00124. The standard InChI is InChI=1S/C85H87N5O2/c1-80(2,3)55-34-30-52(31-35-55)65-46-58(83(10,11)12)47-66(53-32-36-56(37-33-53)81(4,5)6)77(65)89-51-88(70-28-20-21-29-71(70)89)59-44-54(75-67(84(13,14)15)25-23-26-68(75)85(16,17)18)45-61(49-59)91-60-38-39-64-73(50-60)90(74-48-57(42-43-87-74)82(7,8)9)72-41-40-63-62-24-22-27-69(86-19)78(62)92-79(63)76(64)72/h20-50H,51H2,1-18H3. The Morgan fingerprint density at radius 3 is 1.55 bits per heavy atom. The Kier molecular flexibility index (Phi) is 14.6. The average Bonchev–Trinajstić information content (AvgIpc) is 1.55. The van der Waals surface area contributed by atoms with E-state index in [2.05, 4.69) is 308 Å². The highest BCUT2D eigenvalue weighted by atomic mass is 16.5. The van der Waals surface area contributed by atoms with Crippen LogP contribution in [0.15, 0.2) is 193 Å². The first-order valence-corrected chi connectivity index (χ1v) is 32.6. The molecule has 0 saturated carbocycles. The fourth-order valence-corrected chi connectivity index (χ4v) is 13.6. The highest BCUT2D eigenvalue weighted by molar-refractivity contribution is 6.24. The Morgan fingerprint density at radius 1 is 0.435 bits per heavy atom. The lowest BCUT2D eigenvalue weighted by Gasteiger charge is -2.31. The third kappa shape index (κ3) is 11.0. The number of pyridine rings is 1. The second kappa shape index (κ2) is 21.9. The van der Waals surface area contributed by atoms with Crippen LogP contribution in [0.1, 0.15) is 158 Å². The largest absolute Gasteiger partial charge is 0.466 e. The Labute approximate surface area is 545 Å². The van der Waals surface area contributed by atoms with Gasteiger partial charge in [-0.1, -0.05) is 222 Å². The smallest absolute Gasteiger partial charge is 0.229 e. The van der Waals surface area contributed by atoms with E-state index in [1.54, 1.807) is 0 Å². The second-order valence-corrected chi connectivity index (χ2v) is 31.7. The predicted molar refractivity (Wildman–Crippen MR) is 389 cm³/mol. The molecule has 7 heteroatoms. The van der Waals surface area contributed by atoms with Gasteiger partial charge in [-0.25, -0.2) is 9.83 Å². The highest BCUT2D eigenvalue weighted by Gasteiger charge is 2.35. The summed E-state index contributed by atoms with van der Waals surface area (Å²) in [5.41, 5.74) is 22.1. The number of rotatable bonds is 8. The van der Waals surface area contributed by atoms with Gasteiger partial charge in [-0.15, -0.1) is 0 Å². The molecule has 0 bridgehead atoms. The summed E-state index contributed by atoms with van der Waals surface area (Å²) in [5, 5.41) is 3.83. The molecule has 0 amide bonds. The summed E-state index contributed by atoms with van der Waals surface area (Å²) in [5.74, 6) is 2.19. The molecule has 13 rings (SSSR count). The molecule has 92 heavy (non-hydrogen) atoms. The molecule has 9 aromatic carbocycles. The van der Waals surface area contributed by atoms with Gasteiger partial charge in [-0.2, -0.15) is 0 Å². The number of hydrogen-bond donors (Lipinski definition) is 0. The summed E-state index contributed by atoms with van der Waals surface area (Å²) in [6.45, 7) is 50.0. The Morgan fingerprint density at radius 2 is 0.989 bits per heavy atom. The molecule has 3 aromatic heterocycles. The Bertz CT molecular complexity index is 4820. The van der Waals surface area contributed by atoms with Gasteiger partial charge in [0.1, 0.15) is 35.2 Å². The molecule has 1 aliphatic heterocycles. The third-order valence-electron chi connectivity index (χ3n) is 18.8. The minimum Gasteiger partial charge on any atom is -0.466 e. The number of benzene rings is 9. The maximum Gasteiger partial charge on any atom is 0.229 e. The first-order chi connectivity index (χ1) is 43.3. The summed E-state index contributed by atoms with van der Waals surface area (Å²) in [7, 11) is 0. The van der Waals surface area contributed by atoms with Gasteiger partial charge in [-0.3, -0.25) is 4.57 Å². The normalized spacial score (nSPS) is 13.4. The van der Waals surface area contributed by atoms with Crippen LogP contribution in [-0.2, 0) is 32.5 Å². The molecule has 0 N–H and O–H groups in total. The van der Waals surface area contributed by atoms with Crippen LogP contribution in [0, 0.1) is 6.57 Å². The van der Waals surface area contributed by atoms with Crippen molar-refractivity contribution in [3.63, 3.8) is 0 Å². The van der Waals surface area contributed by atoms with Gasteiger partial charge in [0.25, 0.3) is 0 Å². The van der Waals surface area contributed by atoms with Crippen molar-refractivity contribution in [1.82, 2.24) is 9.55 Å². The van der Waals surface area contributed by atoms with Crippen molar-refractivity contribution in [3.8, 4) is 50.7 Å². The molecule has 0 unspecified atom stereocenters. The highest BCUT2D eigenvalue weighted by Crippen LogP contribution is 2.54. The van der Waals surface area contributed by atoms with Gasteiger partial charge in [-0.05, 0) is 161 Å². The number of furan rings is 1.